The van der Waals surface area contributed by atoms with Crippen LogP contribution in [-0.2, 0) is 0 Å². The zero-order valence-electron chi connectivity index (χ0n) is 16.3. The van der Waals surface area contributed by atoms with Crippen LogP contribution in [0.15, 0.2) is 24.3 Å². The molecule has 2 saturated heterocycles. The van der Waals surface area contributed by atoms with Crippen molar-refractivity contribution in [1.29, 1.82) is 0 Å². The molecule has 0 saturated carbocycles. The van der Waals surface area contributed by atoms with Gasteiger partial charge >= 0.3 is 6.03 Å². The molecule has 26 heavy (non-hydrogen) atoms. The van der Waals surface area contributed by atoms with Gasteiger partial charge < -0.3 is 15.4 Å². The fourth-order valence-electron chi connectivity index (χ4n) is 4.51. The highest BCUT2D eigenvalue weighted by molar-refractivity contribution is 5.91. The highest BCUT2D eigenvalue weighted by Crippen LogP contribution is 2.34. The van der Waals surface area contributed by atoms with E-state index in [0.29, 0.717) is 30.4 Å². The first kappa shape index (κ1) is 19.0. The lowest BCUT2D eigenvalue weighted by atomic mass is 9.81. The van der Waals surface area contributed by atoms with E-state index in [0.717, 1.165) is 18.5 Å². The monoisotopic (exact) mass is 359 g/mol. The molecule has 1 aromatic carbocycles. The first-order chi connectivity index (χ1) is 12.6. The summed E-state index contributed by atoms with van der Waals surface area (Å²) in [6, 6.07) is 8.95. The Labute approximate surface area is 157 Å². The van der Waals surface area contributed by atoms with E-state index in [1.54, 1.807) is 0 Å². The average Bonchev–Trinajstić information content (AvgIpc) is 2.57. The summed E-state index contributed by atoms with van der Waals surface area (Å²) < 4.78 is 5.59. The number of nitrogens with zero attached hydrogens (tertiary/aromatic N) is 1. The molecule has 2 aliphatic heterocycles. The number of piperidine rings is 2. The van der Waals surface area contributed by atoms with Crippen LogP contribution in [0.25, 0.3) is 0 Å². The molecule has 2 amide bonds. The van der Waals surface area contributed by atoms with Crippen molar-refractivity contribution in [2.45, 2.75) is 71.0 Å². The van der Waals surface area contributed by atoms with Gasteiger partial charge in [-0.15, -0.1) is 0 Å². The average molecular weight is 360 g/mol. The van der Waals surface area contributed by atoms with Gasteiger partial charge in [0, 0.05) is 24.7 Å². The quantitative estimate of drug-likeness (QED) is 0.798. The SMILES string of the molecule is CCOc1ccccc1NC(=O)NC1C[C@H]2CCC[C@H](C1)N2CC(C)C. The summed E-state index contributed by atoms with van der Waals surface area (Å²) in [5.74, 6) is 1.41. The fourth-order valence-corrected chi connectivity index (χ4v) is 4.51. The molecule has 5 nitrogen and oxygen atoms in total. The van der Waals surface area contributed by atoms with Gasteiger partial charge in [-0.25, -0.2) is 4.79 Å². The lowest BCUT2D eigenvalue weighted by Crippen LogP contribution is -2.58. The number of nitrogens with one attached hydrogen (secondary N) is 2. The van der Waals surface area contributed by atoms with Crippen LogP contribution in [0.4, 0.5) is 10.5 Å². The van der Waals surface area contributed by atoms with Crippen molar-refractivity contribution >= 4 is 11.7 Å². The molecule has 2 aliphatic rings. The van der Waals surface area contributed by atoms with Gasteiger partial charge in [0.25, 0.3) is 0 Å². The summed E-state index contributed by atoms with van der Waals surface area (Å²) in [6.45, 7) is 8.29. The number of benzene rings is 1. The number of fused-ring (bicyclic) bond motifs is 2. The van der Waals surface area contributed by atoms with Gasteiger partial charge in [-0.05, 0) is 50.7 Å². The number of anilines is 1. The number of hydrogen-bond donors (Lipinski definition) is 2. The van der Waals surface area contributed by atoms with Crippen LogP contribution in [0.5, 0.6) is 5.75 Å². The minimum absolute atomic E-state index is 0.127. The molecule has 0 aromatic heterocycles. The Morgan fingerprint density at radius 1 is 1.23 bits per heavy atom. The molecule has 144 valence electrons. The molecule has 2 bridgehead atoms. The maximum absolute atomic E-state index is 12.5. The second-order valence-corrected chi connectivity index (χ2v) is 8.03. The van der Waals surface area contributed by atoms with E-state index < -0.39 is 0 Å². The molecule has 2 atom stereocenters. The number of urea groups is 1. The normalized spacial score (nSPS) is 25.8. The summed E-state index contributed by atoms with van der Waals surface area (Å²) in [4.78, 5) is 15.2. The fraction of sp³-hybridized carbons (Fsp3) is 0.667. The minimum atomic E-state index is -0.127. The molecule has 2 heterocycles. The van der Waals surface area contributed by atoms with Crippen LogP contribution in [0.2, 0.25) is 0 Å². The molecule has 0 unspecified atom stereocenters. The number of carbonyl (C=O) groups is 1. The van der Waals surface area contributed by atoms with E-state index in [2.05, 4.69) is 29.4 Å². The van der Waals surface area contributed by atoms with Gasteiger partial charge in [0.2, 0.25) is 0 Å². The molecule has 3 rings (SSSR count). The molecule has 0 aliphatic carbocycles. The van der Waals surface area contributed by atoms with Crippen molar-refractivity contribution in [1.82, 2.24) is 10.2 Å². The molecular weight excluding hydrogens is 326 g/mol. The van der Waals surface area contributed by atoms with E-state index in [1.165, 1.54) is 25.8 Å². The highest BCUT2D eigenvalue weighted by Gasteiger charge is 2.38. The second-order valence-electron chi connectivity index (χ2n) is 8.03. The third-order valence-corrected chi connectivity index (χ3v) is 5.47. The van der Waals surface area contributed by atoms with Gasteiger partial charge in [0.05, 0.1) is 12.3 Å². The summed E-state index contributed by atoms with van der Waals surface area (Å²) in [5, 5.41) is 6.17. The van der Waals surface area contributed by atoms with Crippen LogP contribution in [0.1, 0.15) is 52.9 Å². The topological polar surface area (TPSA) is 53.6 Å². The molecule has 5 heteroatoms. The number of carbonyl (C=O) groups excluding carboxylic acids is 1. The Kier molecular flexibility index (Phi) is 6.41. The van der Waals surface area contributed by atoms with Gasteiger partial charge in [-0.2, -0.15) is 0 Å². The van der Waals surface area contributed by atoms with Gasteiger partial charge in [-0.3, -0.25) is 4.90 Å². The smallest absolute Gasteiger partial charge is 0.319 e. The maximum atomic E-state index is 12.5. The Balaban J connectivity index is 1.57. The Morgan fingerprint density at radius 3 is 2.58 bits per heavy atom. The van der Waals surface area contributed by atoms with Crippen LogP contribution in [0, 0.1) is 5.92 Å². The lowest BCUT2D eigenvalue weighted by Gasteiger charge is -2.49. The zero-order valence-corrected chi connectivity index (χ0v) is 16.3. The third kappa shape index (κ3) is 4.70. The predicted molar refractivity (Wildman–Crippen MR) is 106 cm³/mol. The zero-order chi connectivity index (χ0) is 18.5. The Hall–Kier alpha value is -1.75. The molecule has 2 N–H and O–H groups in total. The van der Waals surface area contributed by atoms with Gasteiger partial charge in [0.1, 0.15) is 5.75 Å². The third-order valence-electron chi connectivity index (χ3n) is 5.47. The van der Waals surface area contributed by atoms with Gasteiger partial charge in [0.15, 0.2) is 0 Å². The molecule has 0 spiro atoms. The molecule has 2 fully saturated rings. The minimum Gasteiger partial charge on any atom is -0.492 e. The van der Waals surface area contributed by atoms with Crippen molar-refractivity contribution in [3.63, 3.8) is 0 Å². The summed E-state index contributed by atoms with van der Waals surface area (Å²) >= 11 is 0. The summed E-state index contributed by atoms with van der Waals surface area (Å²) in [5.41, 5.74) is 0.726. The summed E-state index contributed by atoms with van der Waals surface area (Å²) in [6.07, 6.45) is 5.96. The number of hydrogen-bond acceptors (Lipinski definition) is 3. The van der Waals surface area contributed by atoms with E-state index in [1.807, 2.05) is 31.2 Å². The van der Waals surface area contributed by atoms with Gasteiger partial charge in [-0.1, -0.05) is 32.4 Å². The van der Waals surface area contributed by atoms with Crippen LogP contribution in [0.3, 0.4) is 0 Å². The van der Waals surface area contributed by atoms with E-state index in [4.69, 9.17) is 4.74 Å². The highest BCUT2D eigenvalue weighted by atomic mass is 16.5. The van der Waals surface area contributed by atoms with Crippen LogP contribution >= 0.6 is 0 Å². The first-order valence-electron chi connectivity index (χ1n) is 10.1. The maximum Gasteiger partial charge on any atom is 0.319 e. The molecular formula is C21H33N3O2. The van der Waals surface area contributed by atoms with E-state index >= 15 is 0 Å². The van der Waals surface area contributed by atoms with Crippen molar-refractivity contribution in [2.24, 2.45) is 5.92 Å². The Morgan fingerprint density at radius 2 is 1.92 bits per heavy atom. The molecule has 0 radical (unpaired) electrons. The van der Waals surface area contributed by atoms with E-state index in [9.17, 15) is 4.79 Å². The number of para-hydroxylation sites is 2. The summed E-state index contributed by atoms with van der Waals surface area (Å²) in [7, 11) is 0. The standard InChI is InChI=1S/C21H33N3O2/c1-4-26-20-11-6-5-10-19(20)23-21(25)22-16-12-17-8-7-9-18(13-16)24(17)14-15(2)3/h5-6,10-11,15-18H,4,7-9,12-14H2,1-3H3,(H2,22,23,25)/t17-,18-/m1/s1. The van der Waals surface area contributed by atoms with E-state index in [-0.39, 0.29) is 12.1 Å². The predicted octanol–water partition coefficient (Wildman–Crippen LogP) is 4.25. The lowest BCUT2D eigenvalue weighted by molar-refractivity contribution is 0.0180. The Bertz CT molecular complexity index is 591. The molecule has 1 aromatic rings. The van der Waals surface area contributed by atoms with Crippen LogP contribution < -0.4 is 15.4 Å². The number of ether oxygens (including phenoxy) is 1. The van der Waals surface area contributed by atoms with Crippen molar-refractivity contribution in [3.8, 4) is 5.75 Å². The van der Waals surface area contributed by atoms with Crippen molar-refractivity contribution in [3.05, 3.63) is 24.3 Å². The number of amides is 2. The van der Waals surface area contributed by atoms with Crippen molar-refractivity contribution < 1.29 is 9.53 Å². The van der Waals surface area contributed by atoms with Crippen molar-refractivity contribution in [2.75, 3.05) is 18.5 Å². The largest absolute Gasteiger partial charge is 0.492 e. The van der Waals surface area contributed by atoms with Crippen LogP contribution in [-0.4, -0.2) is 42.2 Å². The second kappa shape index (κ2) is 8.76. The number of rotatable bonds is 6. The first-order valence-corrected chi connectivity index (χ1v) is 10.1.